The Morgan fingerprint density at radius 3 is 2.83 bits per heavy atom. The third-order valence-corrected chi connectivity index (χ3v) is 2.52. The number of carbonyl (C=O) groups is 1. The van der Waals surface area contributed by atoms with Crippen LogP contribution in [-0.4, -0.2) is 5.91 Å². The molecule has 1 heterocycles. The number of nitrogens with zero attached hydrogens (tertiary/aromatic N) is 1. The maximum atomic E-state index is 13.0. The van der Waals surface area contributed by atoms with Crippen LogP contribution in [0.1, 0.15) is 0 Å². The van der Waals surface area contributed by atoms with Crippen LogP contribution in [0.15, 0.2) is 23.2 Å². The summed E-state index contributed by atoms with van der Waals surface area (Å²) in [7, 11) is 0. The van der Waals surface area contributed by atoms with E-state index in [1.54, 1.807) is 18.2 Å². The molecule has 0 bridgehead atoms. The second-order valence-corrected chi connectivity index (χ2v) is 3.53. The fraction of sp³-hybridized carbons (Fsp3) is 0. The number of amides is 1. The molecular formula is C8H3FINO. The predicted octanol–water partition coefficient (Wildman–Crippen LogP) is 0.529. The number of fused-ring (bicyclic) bond motifs is 1. The van der Waals surface area contributed by atoms with Gasteiger partial charge in [0.2, 0.25) is 5.83 Å². The monoisotopic (exact) mass is 275 g/mol. The summed E-state index contributed by atoms with van der Waals surface area (Å²) >= 11 is 1.98. The lowest BCUT2D eigenvalue weighted by Gasteiger charge is -1.87. The number of hydrogen-bond acceptors (Lipinski definition) is 1. The Morgan fingerprint density at radius 2 is 2.17 bits per heavy atom. The van der Waals surface area contributed by atoms with Crippen LogP contribution < -0.4 is 10.6 Å². The molecule has 0 saturated heterocycles. The Morgan fingerprint density at radius 1 is 1.42 bits per heavy atom. The van der Waals surface area contributed by atoms with Gasteiger partial charge >= 0.3 is 5.91 Å². The molecule has 0 atom stereocenters. The van der Waals surface area contributed by atoms with Crippen molar-refractivity contribution in [3.05, 3.63) is 32.3 Å². The molecule has 0 N–H and O–H groups in total. The summed E-state index contributed by atoms with van der Waals surface area (Å²) in [6, 6.07) is 5.12. The van der Waals surface area contributed by atoms with Gasteiger partial charge in [-0.15, -0.1) is 0 Å². The molecule has 4 heteroatoms. The van der Waals surface area contributed by atoms with E-state index in [2.05, 4.69) is 4.99 Å². The Labute approximate surface area is 81.0 Å². The number of carbonyl (C=O) groups excluding carboxylic acids is 1. The van der Waals surface area contributed by atoms with E-state index >= 15 is 0 Å². The minimum Gasteiger partial charge on any atom is -0.264 e. The van der Waals surface area contributed by atoms with Gasteiger partial charge in [0.15, 0.2) is 0 Å². The van der Waals surface area contributed by atoms with E-state index in [4.69, 9.17) is 0 Å². The Hall–Kier alpha value is -0.780. The molecule has 0 fully saturated rings. The standard InChI is InChI=1S/C8H3FINO/c9-7-6-4(10)2-1-3-5(6)11-8(7)12/h1-3H. The maximum absolute atomic E-state index is 13.0. The minimum absolute atomic E-state index is 0.336. The molecule has 0 radical (unpaired) electrons. The lowest BCUT2D eigenvalue weighted by molar-refractivity contribution is -0.113. The van der Waals surface area contributed by atoms with E-state index in [9.17, 15) is 9.18 Å². The third kappa shape index (κ3) is 0.979. The molecule has 0 unspecified atom stereocenters. The number of hydrogen-bond donors (Lipinski definition) is 0. The average molecular weight is 275 g/mol. The lowest BCUT2D eigenvalue weighted by Crippen LogP contribution is -2.25. The molecule has 1 aliphatic heterocycles. The maximum Gasteiger partial charge on any atom is 0.307 e. The van der Waals surface area contributed by atoms with Gasteiger partial charge in [0.1, 0.15) is 0 Å². The van der Waals surface area contributed by atoms with Crippen LogP contribution in [0, 0.1) is 3.57 Å². The summed E-state index contributed by atoms with van der Waals surface area (Å²) in [6.07, 6.45) is 0. The highest BCUT2D eigenvalue weighted by molar-refractivity contribution is 14.1. The van der Waals surface area contributed by atoms with Crippen molar-refractivity contribution in [2.45, 2.75) is 0 Å². The van der Waals surface area contributed by atoms with Gasteiger partial charge in [-0.05, 0) is 34.7 Å². The van der Waals surface area contributed by atoms with Crippen LogP contribution in [0.5, 0.6) is 0 Å². The highest BCUT2D eigenvalue weighted by Gasteiger charge is 2.16. The normalized spacial score (nSPS) is 14.5. The molecule has 1 aromatic carbocycles. The average Bonchev–Trinajstić information content (AvgIpc) is 2.29. The fourth-order valence-corrected chi connectivity index (χ4v) is 1.81. The van der Waals surface area contributed by atoms with E-state index in [-0.39, 0.29) is 0 Å². The first-order valence-electron chi connectivity index (χ1n) is 3.27. The second-order valence-electron chi connectivity index (χ2n) is 2.36. The van der Waals surface area contributed by atoms with Crippen molar-refractivity contribution in [2.24, 2.45) is 4.99 Å². The Bertz CT molecular complexity index is 480. The van der Waals surface area contributed by atoms with Crippen LogP contribution in [-0.2, 0) is 4.79 Å². The molecule has 1 amide bonds. The fourth-order valence-electron chi connectivity index (χ4n) is 1.09. The van der Waals surface area contributed by atoms with E-state index in [0.29, 0.717) is 10.6 Å². The highest BCUT2D eigenvalue weighted by Crippen LogP contribution is 2.04. The van der Waals surface area contributed by atoms with Crippen LogP contribution in [0.2, 0.25) is 0 Å². The molecule has 0 aliphatic carbocycles. The van der Waals surface area contributed by atoms with Crippen LogP contribution in [0.4, 0.5) is 4.39 Å². The summed E-state index contributed by atoms with van der Waals surface area (Å²) < 4.78 is 13.8. The van der Waals surface area contributed by atoms with Gasteiger partial charge in [-0.2, -0.15) is 0 Å². The van der Waals surface area contributed by atoms with Crippen LogP contribution in [0.3, 0.4) is 0 Å². The summed E-state index contributed by atoms with van der Waals surface area (Å²) in [5, 5.41) is 0.771. The first-order valence-corrected chi connectivity index (χ1v) is 4.35. The molecule has 1 aromatic rings. The summed E-state index contributed by atoms with van der Waals surface area (Å²) in [4.78, 5) is 14.3. The van der Waals surface area contributed by atoms with Crippen molar-refractivity contribution in [3.8, 4) is 0 Å². The second kappa shape index (κ2) is 2.62. The molecule has 12 heavy (non-hydrogen) atoms. The van der Waals surface area contributed by atoms with Crippen molar-refractivity contribution in [1.82, 2.24) is 0 Å². The van der Waals surface area contributed by atoms with E-state index in [1.807, 2.05) is 22.6 Å². The molecule has 0 aromatic heterocycles. The quantitative estimate of drug-likeness (QED) is 0.635. The summed E-state index contributed by atoms with van der Waals surface area (Å²) in [5.74, 6) is -1.51. The molecule has 0 saturated carbocycles. The third-order valence-electron chi connectivity index (χ3n) is 1.62. The largest absolute Gasteiger partial charge is 0.307 e. The van der Waals surface area contributed by atoms with E-state index in [0.717, 1.165) is 3.57 Å². The molecule has 2 rings (SSSR count). The first kappa shape index (κ1) is 7.85. The van der Waals surface area contributed by atoms with Gasteiger partial charge in [0.25, 0.3) is 0 Å². The molecule has 1 aliphatic rings. The number of benzene rings is 1. The number of rotatable bonds is 0. The van der Waals surface area contributed by atoms with Crippen LogP contribution in [0.25, 0.3) is 5.83 Å². The first-order chi connectivity index (χ1) is 5.70. The van der Waals surface area contributed by atoms with Crippen LogP contribution >= 0.6 is 22.6 Å². The van der Waals surface area contributed by atoms with Gasteiger partial charge in [0.05, 0.1) is 10.6 Å². The van der Waals surface area contributed by atoms with Crippen molar-refractivity contribution in [2.75, 3.05) is 0 Å². The molecule has 60 valence electrons. The van der Waals surface area contributed by atoms with Gasteiger partial charge in [0, 0.05) is 3.57 Å². The van der Waals surface area contributed by atoms with Gasteiger partial charge < -0.3 is 0 Å². The van der Waals surface area contributed by atoms with Crippen molar-refractivity contribution in [1.29, 1.82) is 0 Å². The number of halogens is 2. The molecule has 2 nitrogen and oxygen atoms in total. The highest BCUT2D eigenvalue weighted by atomic mass is 127. The lowest BCUT2D eigenvalue weighted by atomic mass is 10.3. The van der Waals surface area contributed by atoms with Crippen molar-refractivity contribution < 1.29 is 9.18 Å². The van der Waals surface area contributed by atoms with Gasteiger partial charge in [-0.25, -0.2) is 9.38 Å². The minimum atomic E-state index is -0.769. The summed E-state index contributed by atoms with van der Waals surface area (Å²) in [6.45, 7) is 0. The van der Waals surface area contributed by atoms with Crippen molar-refractivity contribution >= 4 is 34.3 Å². The predicted molar refractivity (Wildman–Crippen MR) is 49.5 cm³/mol. The van der Waals surface area contributed by atoms with E-state index < -0.39 is 11.7 Å². The van der Waals surface area contributed by atoms with Gasteiger partial charge in [-0.3, -0.25) is 4.79 Å². The zero-order valence-electron chi connectivity index (χ0n) is 5.84. The SMILES string of the molecule is O=C1N=c2cccc(I)c2=C1F. The zero-order chi connectivity index (χ0) is 8.72. The summed E-state index contributed by atoms with van der Waals surface area (Å²) in [5.41, 5.74) is 0. The topological polar surface area (TPSA) is 29.4 Å². The smallest absolute Gasteiger partial charge is 0.264 e. The van der Waals surface area contributed by atoms with E-state index in [1.165, 1.54) is 0 Å². The Balaban J connectivity index is 3.04. The van der Waals surface area contributed by atoms with Gasteiger partial charge in [-0.1, -0.05) is 6.07 Å². The van der Waals surface area contributed by atoms with Crippen molar-refractivity contribution in [3.63, 3.8) is 0 Å². The molecule has 0 spiro atoms. The zero-order valence-corrected chi connectivity index (χ0v) is 8.00. The Kier molecular flexibility index (Phi) is 1.71. The molecular weight excluding hydrogens is 272 g/mol.